The highest BCUT2D eigenvalue weighted by Crippen LogP contribution is 2.32. The van der Waals surface area contributed by atoms with Gasteiger partial charge in [0.05, 0.1) is 13.7 Å². The van der Waals surface area contributed by atoms with Crippen LogP contribution in [-0.2, 0) is 11.4 Å². The van der Waals surface area contributed by atoms with Crippen molar-refractivity contribution >= 4 is 5.91 Å². The second kappa shape index (κ2) is 7.31. The number of rotatable bonds is 5. The van der Waals surface area contributed by atoms with Crippen LogP contribution < -0.4 is 9.47 Å². The Bertz CT molecular complexity index is 461. The molecule has 1 heterocycles. The van der Waals surface area contributed by atoms with E-state index in [0.717, 1.165) is 25.9 Å². The number of aliphatic hydroxyl groups excluding tert-OH is 1. The van der Waals surface area contributed by atoms with Crippen LogP contribution in [0.25, 0.3) is 0 Å². The highest BCUT2D eigenvalue weighted by atomic mass is 16.5. The zero-order chi connectivity index (χ0) is 15.2. The van der Waals surface area contributed by atoms with Crippen molar-refractivity contribution < 1.29 is 19.4 Å². The fraction of sp³-hybridized carbons (Fsp3) is 0.562. The van der Waals surface area contributed by atoms with Crippen LogP contribution >= 0.6 is 0 Å². The van der Waals surface area contributed by atoms with Gasteiger partial charge in [0, 0.05) is 18.7 Å². The van der Waals surface area contributed by atoms with Gasteiger partial charge in [-0.2, -0.15) is 0 Å². The van der Waals surface area contributed by atoms with E-state index in [2.05, 4.69) is 0 Å². The van der Waals surface area contributed by atoms with Gasteiger partial charge in [0.25, 0.3) is 5.91 Å². The first-order valence-corrected chi connectivity index (χ1v) is 7.39. The zero-order valence-electron chi connectivity index (χ0n) is 12.7. The van der Waals surface area contributed by atoms with Crippen LogP contribution in [0.2, 0.25) is 0 Å². The molecular formula is C16H23NO4. The smallest absolute Gasteiger partial charge is 0.263 e. The third-order valence-corrected chi connectivity index (χ3v) is 3.76. The van der Waals surface area contributed by atoms with Gasteiger partial charge in [0.15, 0.2) is 17.6 Å². The minimum absolute atomic E-state index is 0.00973. The van der Waals surface area contributed by atoms with E-state index >= 15 is 0 Å². The summed E-state index contributed by atoms with van der Waals surface area (Å²) in [7, 11) is 1.54. The van der Waals surface area contributed by atoms with Gasteiger partial charge in [-0.05, 0) is 32.3 Å². The third-order valence-electron chi connectivity index (χ3n) is 3.76. The molecule has 116 valence electrons. The first-order valence-electron chi connectivity index (χ1n) is 7.39. The van der Waals surface area contributed by atoms with Gasteiger partial charge in [0.2, 0.25) is 0 Å². The largest absolute Gasteiger partial charge is 0.493 e. The maximum absolute atomic E-state index is 12.4. The Balaban J connectivity index is 2.11. The van der Waals surface area contributed by atoms with Crippen LogP contribution in [0.5, 0.6) is 11.5 Å². The molecule has 1 atom stereocenters. The van der Waals surface area contributed by atoms with E-state index in [4.69, 9.17) is 9.47 Å². The molecule has 5 nitrogen and oxygen atoms in total. The molecule has 1 unspecified atom stereocenters. The number of aliphatic hydroxyl groups is 1. The lowest BCUT2D eigenvalue weighted by Crippen LogP contribution is -2.43. The summed E-state index contributed by atoms with van der Waals surface area (Å²) >= 11 is 0. The van der Waals surface area contributed by atoms with Crippen LogP contribution in [0, 0.1) is 0 Å². The van der Waals surface area contributed by atoms with Gasteiger partial charge in [-0.1, -0.05) is 12.1 Å². The second-order valence-corrected chi connectivity index (χ2v) is 5.25. The fourth-order valence-corrected chi connectivity index (χ4v) is 2.58. The molecule has 0 aliphatic carbocycles. The van der Waals surface area contributed by atoms with E-state index < -0.39 is 6.10 Å². The third kappa shape index (κ3) is 3.67. The number of hydrogen-bond donors (Lipinski definition) is 1. The van der Waals surface area contributed by atoms with Gasteiger partial charge < -0.3 is 19.5 Å². The Kier molecular flexibility index (Phi) is 5.44. The summed E-state index contributed by atoms with van der Waals surface area (Å²) in [6.45, 7) is 3.18. The molecule has 0 aromatic heterocycles. The second-order valence-electron chi connectivity index (χ2n) is 5.25. The lowest BCUT2D eigenvalue weighted by atomic mass is 10.1. The molecule has 1 aliphatic rings. The summed E-state index contributed by atoms with van der Waals surface area (Å²) < 4.78 is 11.1. The van der Waals surface area contributed by atoms with E-state index in [1.165, 1.54) is 6.42 Å². The average molecular weight is 293 g/mol. The first kappa shape index (κ1) is 15.6. The zero-order valence-corrected chi connectivity index (χ0v) is 12.7. The SMILES string of the molecule is COc1cccc(CO)c1OC(C)C(=O)N1CCCCC1. The molecule has 1 aromatic carbocycles. The van der Waals surface area contributed by atoms with E-state index in [0.29, 0.717) is 17.1 Å². The van der Waals surface area contributed by atoms with Crippen molar-refractivity contribution in [1.29, 1.82) is 0 Å². The lowest BCUT2D eigenvalue weighted by Gasteiger charge is -2.29. The van der Waals surface area contributed by atoms with Crippen molar-refractivity contribution in [2.75, 3.05) is 20.2 Å². The van der Waals surface area contributed by atoms with Crippen molar-refractivity contribution in [3.63, 3.8) is 0 Å². The summed E-state index contributed by atoms with van der Waals surface area (Å²) in [6, 6.07) is 5.30. The van der Waals surface area contributed by atoms with Crippen LogP contribution in [0.4, 0.5) is 0 Å². The molecule has 5 heteroatoms. The van der Waals surface area contributed by atoms with E-state index in [1.807, 2.05) is 4.90 Å². The summed E-state index contributed by atoms with van der Waals surface area (Å²) in [5.74, 6) is 0.963. The average Bonchev–Trinajstić information content (AvgIpc) is 2.55. The molecule has 0 spiro atoms. The van der Waals surface area contributed by atoms with E-state index in [-0.39, 0.29) is 12.5 Å². The summed E-state index contributed by atoms with van der Waals surface area (Å²) in [6.07, 6.45) is 2.69. The minimum atomic E-state index is -0.593. The predicted octanol–water partition coefficient (Wildman–Crippen LogP) is 1.97. The maximum atomic E-state index is 12.4. The maximum Gasteiger partial charge on any atom is 0.263 e. The highest BCUT2D eigenvalue weighted by molar-refractivity contribution is 5.81. The molecular weight excluding hydrogens is 270 g/mol. The lowest BCUT2D eigenvalue weighted by molar-refractivity contribution is -0.138. The van der Waals surface area contributed by atoms with Crippen LogP contribution in [0.15, 0.2) is 18.2 Å². The number of benzene rings is 1. The molecule has 1 aliphatic heterocycles. The van der Waals surface area contributed by atoms with E-state index in [9.17, 15) is 9.90 Å². The number of nitrogens with zero attached hydrogens (tertiary/aromatic N) is 1. The molecule has 1 N–H and O–H groups in total. The Labute approximate surface area is 125 Å². The Morgan fingerprint density at radius 2 is 2.05 bits per heavy atom. The molecule has 21 heavy (non-hydrogen) atoms. The Morgan fingerprint density at radius 3 is 2.67 bits per heavy atom. The van der Waals surface area contributed by atoms with Crippen molar-refractivity contribution in [2.24, 2.45) is 0 Å². The minimum Gasteiger partial charge on any atom is -0.493 e. The number of para-hydroxylation sites is 1. The first-order chi connectivity index (χ1) is 10.2. The van der Waals surface area contributed by atoms with Gasteiger partial charge in [0.1, 0.15) is 0 Å². The molecule has 0 bridgehead atoms. The van der Waals surface area contributed by atoms with Crippen LogP contribution in [-0.4, -0.2) is 42.2 Å². The topological polar surface area (TPSA) is 59.0 Å². The van der Waals surface area contributed by atoms with Crippen molar-refractivity contribution in [1.82, 2.24) is 4.90 Å². The summed E-state index contributed by atoms with van der Waals surface area (Å²) in [5, 5.41) is 9.41. The number of ether oxygens (including phenoxy) is 2. The Hall–Kier alpha value is -1.75. The van der Waals surface area contributed by atoms with Crippen molar-refractivity contribution in [3.8, 4) is 11.5 Å². The van der Waals surface area contributed by atoms with Crippen molar-refractivity contribution in [2.45, 2.75) is 38.9 Å². The number of likely N-dealkylation sites (tertiary alicyclic amines) is 1. The highest BCUT2D eigenvalue weighted by Gasteiger charge is 2.25. The number of hydrogen-bond acceptors (Lipinski definition) is 4. The number of amides is 1. The molecule has 1 fully saturated rings. The normalized spacial score (nSPS) is 16.4. The number of methoxy groups -OCH3 is 1. The van der Waals surface area contributed by atoms with Crippen LogP contribution in [0.1, 0.15) is 31.7 Å². The summed E-state index contributed by atoms with van der Waals surface area (Å²) in [4.78, 5) is 14.2. The molecule has 2 rings (SSSR count). The quantitative estimate of drug-likeness (QED) is 0.901. The van der Waals surface area contributed by atoms with E-state index in [1.54, 1.807) is 32.2 Å². The Morgan fingerprint density at radius 1 is 1.33 bits per heavy atom. The number of carbonyl (C=O) groups excluding carboxylic acids is 1. The molecule has 1 amide bonds. The fourth-order valence-electron chi connectivity index (χ4n) is 2.58. The number of carbonyl (C=O) groups is 1. The molecule has 0 radical (unpaired) electrons. The van der Waals surface area contributed by atoms with Gasteiger partial charge in [-0.15, -0.1) is 0 Å². The monoisotopic (exact) mass is 293 g/mol. The van der Waals surface area contributed by atoms with Gasteiger partial charge in [-0.3, -0.25) is 4.79 Å². The number of piperidine rings is 1. The van der Waals surface area contributed by atoms with Gasteiger partial charge in [-0.25, -0.2) is 0 Å². The molecule has 1 saturated heterocycles. The predicted molar refractivity (Wildman–Crippen MR) is 79.4 cm³/mol. The standard InChI is InChI=1S/C16H23NO4/c1-12(16(19)17-9-4-3-5-10-17)21-15-13(11-18)7-6-8-14(15)20-2/h6-8,12,18H,3-5,9-11H2,1-2H3. The molecule has 1 aromatic rings. The van der Waals surface area contributed by atoms with Gasteiger partial charge >= 0.3 is 0 Å². The van der Waals surface area contributed by atoms with Crippen molar-refractivity contribution in [3.05, 3.63) is 23.8 Å². The molecule has 0 saturated carbocycles. The summed E-state index contributed by atoms with van der Waals surface area (Å²) in [5.41, 5.74) is 0.618. The van der Waals surface area contributed by atoms with Crippen LogP contribution in [0.3, 0.4) is 0 Å².